The molecule has 1 saturated heterocycles. The molecule has 2 aromatic rings. The van der Waals surface area contributed by atoms with Gasteiger partial charge in [-0.05, 0) is 19.1 Å². The molecule has 0 radical (unpaired) electrons. The summed E-state index contributed by atoms with van der Waals surface area (Å²) in [7, 11) is 3.24. The Morgan fingerprint density at radius 3 is 2.44 bits per heavy atom. The van der Waals surface area contributed by atoms with Crippen LogP contribution < -0.4 is 19.7 Å². The van der Waals surface area contributed by atoms with Crippen LogP contribution in [0.3, 0.4) is 0 Å². The third-order valence-corrected chi connectivity index (χ3v) is 4.16. The summed E-state index contributed by atoms with van der Waals surface area (Å²) in [6, 6.07) is 7.36. The van der Waals surface area contributed by atoms with Crippen molar-refractivity contribution in [2.24, 2.45) is 0 Å². The van der Waals surface area contributed by atoms with Crippen LogP contribution in [0.25, 0.3) is 0 Å². The molecule has 2 heterocycles. The molecule has 1 aromatic carbocycles. The van der Waals surface area contributed by atoms with Crippen LogP contribution in [0.1, 0.15) is 5.76 Å². The van der Waals surface area contributed by atoms with Crippen molar-refractivity contribution in [2.45, 2.75) is 6.92 Å². The van der Waals surface area contributed by atoms with Gasteiger partial charge in [0.15, 0.2) is 17.3 Å². The van der Waals surface area contributed by atoms with Gasteiger partial charge < -0.3 is 23.8 Å². The lowest BCUT2D eigenvalue weighted by atomic mass is 10.2. The maximum absolute atomic E-state index is 12.3. The van der Waals surface area contributed by atoms with E-state index >= 15 is 0 Å². The molecule has 8 heteroatoms. The average molecular weight is 346 g/mol. The first-order chi connectivity index (χ1) is 12.1. The van der Waals surface area contributed by atoms with Crippen molar-refractivity contribution < 1.29 is 18.8 Å². The van der Waals surface area contributed by atoms with Crippen LogP contribution in [0.5, 0.6) is 11.5 Å². The summed E-state index contributed by atoms with van der Waals surface area (Å²) in [5.41, 5.74) is 1.05. The molecule has 0 bridgehead atoms. The van der Waals surface area contributed by atoms with Crippen molar-refractivity contribution in [3.8, 4) is 11.5 Å². The second kappa shape index (κ2) is 7.33. The minimum Gasteiger partial charge on any atom is -0.493 e. The van der Waals surface area contributed by atoms with Gasteiger partial charge in [-0.25, -0.2) is 4.79 Å². The molecular weight excluding hydrogens is 324 g/mol. The molecule has 2 amide bonds. The lowest BCUT2D eigenvalue weighted by molar-refractivity contribution is 0.208. The first-order valence-corrected chi connectivity index (χ1v) is 8.07. The quantitative estimate of drug-likeness (QED) is 0.915. The Hall–Kier alpha value is -2.90. The van der Waals surface area contributed by atoms with E-state index < -0.39 is 0 Å². The van der Waals surface area contributed by atoms with E-state index in [0.717, 1.165) is 18.8 Å². The van der Waals surface area contributed by atoms with Crippen molar-refractivity contribution in [1.82, 2.24) is 10.1 Å². The number of anilines is 2. The summed E-state index contributed by atoms with van der Waals surface area (Å²) >= 11 is 0. The van der Waals surface area contributed by atoms with Crippen LogP contribution in [-0.4, -0.2) is 56.5 Å². The number of carbonyl (C=O) groups is 1. The van der Waals surface area contributed by atoms with Gasteiger partial charge in [0.1, 0.15) is 5.76 Å². The van der Waals surface area contributed by atoms with Gasteiger partial charge in [0, 0.05) is 44.0 Å². The normalized spacial score (nSPS) is 14.4. The van der Waals surface area contributed by atoms with Gasteiger partial charge in [-0.3, -0.25) is 5.32 Å². The number of urea groups is 1. The van der Waals surface area contributed by atoms with Gasteiger partial charge in [-0.1, -0.05) is 5.16 Å². The summed E-state index contributed by atoms with van der Waals surface area (Å²) < 4.78 is 15.6. The molecule has 0 aliphatic carbocycles. The third-order valence-electron chi connectivity index (χ3n) is 4.16. The number of nitrogens with one attached hydrogen (secondary N) is 1. The zero-order valence-corrected chi connectivity index (χ0v) is 14.6. The fourth-order valence-corrected chi connectivity index (χ4v) is 2.80. The molecule has 1 aliphatic heterocycles. The fraction of sp³-hybridized carbons (Fsp3) is 0.412. The lowest BCUT2D eigenvalue weighted by Gasteiger charge is -2.36. The van der Waals surface area contributed by atoms with Gasteiger partial charge >= 0.3 is 6.03 Å². The highest BCUT2D eigenvalue weighted by Crippen LogP contribution is 2.31. The van der Waals surface area contributed by atoms with Gasteiger partial charge in [-0.2, -0.15) is 0 Å². The van der Waals surface area contributed by atoms with Crippen LogP contribution in [0.15, 0.2) is 28.8 Å². The lowest BCUT2D eigenvalue weighted by Crippen LogP contribution is -2.50. The smallest absolute Gasteiger partial charge is 0.323 e. The number of aromatic nitrogens is 1. The van der Waals surface area contributed by atoms with E-state index in [1.165, 1.54) is 0 Å². The number of aryl methyl sites for hydroxylation is 1. The highest BCUT2D eigenvalue weighted by atomic mass is 16.5. The Morgan fingerprint density at radius 1 is 1.12 bits per heavy atom. The molecule has 3 rings (SSSR count). The molecule has 25 heavy (non-hydrogen) atoms. The van der Waals surface area contributed by atoms with Gasteiger partial charge in [0.2, 0.25) is 0 Å². The number of rotatable bonds is 4. The van der Waals surface area contributed by atoms with Crippen molar-refractivity contribution in [3.05, 3.63) is 30.0 Å². The number of carbonyl (C=O) groups excluding carboxylic acids is 1. The molecule has 134 valence electrons. The van der Waals surface area contributed by atoms with Crippen molar-refractivity contribution in [3.63, 3.8) is 0 Å². The first-order valence-electron chi connectivity index (χ1n) is 8.07. The summed E-state index contributed by atoms with van der Waals surface area (Å²) in [5, 5.41) is 6.53. The number of amides is 2. The number of methoxy groups -OCH3 is 2. The molecule has 1 aromatic heterocycles. The van der Waals surface area contributed by atoms with E-state index in [1.807, 2.05) is 18.2 Å². The minimum atomic E-state index is -0.166. The molecule has 0 spiro atoms. The first kappa shape index (κ1) is 16.9. The van der Waals surface area contributed by atoms with Crippen LogP contribution in [0.2, 0.25) is 0 Å². The maximum atomic E-state index is 12.3. The zero-order chi connectivity index (χ0) is 17.8. The second-order valence-electron chi connectivity index (χ2n) is 5.77. The van der Waals surface area contributed by atoms with Gasteiger partial charge in [0.25, 0.3) is 0 Å². The molecule has 1 N–H and O–H groups in total. The Labute approximate surface area is 146 Å². The molecular formula is C17H22N4O4. The largest absolute Gasteiger partial charge is 0.493 e. The molecule has 1 fully saturated rings. The van der Waals surface area contributed by atoms with E-state index in [-0.39, 0.29) is 6.03 Å². The zero-order valence-electron chi connectivity index (χ0n) is 14.6. The van der Waals surface area contributed by atoms with Crippen LogP contribution in [-0.2, 0) is 0 Å². The minimum absolute atomic E-state index is 0.166. The van der Waals surface area contributed by atoms with Crippen LogP contribution in [0.4, 0.5) is 16.3 Å². The average Bonchev–Trinajstić information content (AvgIpc) is 3.06. The Kier molecular flexibility index (Phi) is 4.97. The van der Waals surface area contributed by atoms with E-state index in [4.69, 9.17) is 14.0 Å². The molecule has 0 atom stereocenters. The van der Waals surface area contributed by atoms with E-state index in [9.17, 15) is 4.79 Å². The number of hydrogen-bond acceptors (Lipinski definition) is 6. The standard InChI is InChI=1S/C17H22N4O4/c1-12-10-16(19-25-12)18-17(22)21-8-6-20(7-9-21)13-4-5-14(23-2)15(11-13)24-3/h4-5,10-11H,6-9H2,1-3H3,(H,18,19,22). The summed E-state index contributed by atoms with van der Waals surface area (Å²) in [6.45, 7) is 4.50. The van der Waals surface area contributed by atoms with Crippen molar-refractivity contribution >= 4 is 17.5 Å². The second-order valence-corrected chi connectivity index (χ2v) is 5.77. The highest BCUT2D eigenvalue weighted by Gasteiger charge is 2.22. The number of benzene rings is 1. The topological polar surface area (TPSA) is 80.1 Å². The molecule has 1 aliphatic rings. The van der Waals surface area contributed by atoms with Crippen molar-refractivity contribution in [1.29, 1.82) is 0 Å². The number of hydrogen-bond donors (Lipinski definition) is 1. The summed E-state index contributed by atoms with van der Waals surface area (Å²) in [4.78, 5) is 16.3. The predicted molar refractivity (Wildman–Crippen MR) is 93.6 cm³/mol. The SMILES string of the molecule is COc1ccc(N2CCN(C(=O)Nc3cc(C)on3)CC2)cc1OC. The van der Waals surface area contributed by atoms with E-state index in [1.54, 1.807) is 32.1 Å². The Bertz CT molecular complexity index is 738. The molecule has 8 nitrogen and oxygen atoms in total. The summed E-state index contributed by atoms with van der Waals surface area (Å²) in [5.74, 6) is 2.49. The maximum Gasteiger partial charge on any atom is 0.323 e. The third kappa shape index (κ3) is 3.78. The molecule has 0 saturated carbocycles. The number of ether oxygens (including phenoxy) is 2. The summed E-state index contributed by atoms with van der Waals surface area (Å²) in [6.07, 6.45) is 0. The Balaban J connectivity index is 1.59. The van der Waals surface area contributed by atoms with Crippen molar-refractivity contribution in [2.75, 3.05) is 50.6 Å². The highest BCUT2D eigenvalue weighted by molar-refractivity contribution is 5.88. The van der Waals surface area contributed by atoms with E-state index in [2.05, 4.69) is 15.4 Å². The van der Waals surface area contributed by atoms with E-state index in [0.29, 0.717) is 36.2 Å². The number of nitrogens with zero attached hydrogens (tertiary/aromatic N) is 3. The van der Waals surface area contributed by atoms with Crippen LogP contribution in [0, 0.1) is 6.92 Å². The van der Waals surface area contributed by atoms with Crippen LogP contribution >= 0.6 is 0 Å². The van der Waals surface area contributed by atoms with Gasteiger partial charge in [-0.15, -0.1) is 0 Å². The molecule has 0 unspecified atom stereocenters. The Morgan fingerprint density at radius 2 is 1.84 bits per heavy atom. The fourth-order valence-electron chi connectivity index (χ4n) is 2.80. The van der Waals surface area contributed by atoms with Gasteiger partial charge in [0.05, 0.1) is 14.2 Å². The monoisotopic (exact) mass is 346 g/mol. The number of piperazine rings is 1. The predicted octanol–water partition coefficient (Wildman–Crippen LogP) is 2.35.